The summed E-state index contributed by atoms with van der Waals surface area (Å²) < 4.78 is 0. The summed E-state index contributed by atoms with van der Waals surface area (Å²) in [6.07, 6.45) is 9.18. The van der Waals surface area contributed by atoms with Crippen molar-refractivity contribution < 1.29 is 5.11 Å². The van der Waals surface area contributed by atoms with Gasteiger partial charge in [-0.2, -0.15) is 0 Å². The van der Waals surface area contributed by atoms with Gasteiger partial charge in [0, 0.05) is 25.1 Å². The van der Waals surface area contributed by atoms with Crippen LogP contribution in [0.3, 0.4) is 0 Å². The maximum absolute atomic E-state index is 9.93. The van der Waals surface area contributed by atoms with E-state index in [1.165, 1.54) is 58.0 Å². The van der Waals surface area contributed by atoms with E-state index in [1.807, 2.05) is 0 Å². The van der Waals surface area contributed by atoms with E-state index in [0.717, 1.165) is 12.5 Å². The van der Waals surface area contributed by atoms with Crippen molar-refractivity contribution in [3.05, 3.63) is 0 Å². The van der Waals surface area contributed by atoms with E-state index in [2.05, 4.69) is 25.7 Å². The maximum atomic E-state index is 9.93. The molecule has 0 radical (unpaired) electrons. The van der Waals surface area contributed by atoms with Crippen LogP contribution in [0.25, 0.3) is 0 Å². The Morgan fingerprint density at radius 3 is 2.21 bits per heavy atom. The summed E-state index contributed by atoms with van der Waals surface area (Å²) in [6, 6.07) is 0. The summed E-state index contributed by atoms with van der Waals surface area (Å²) in [4.78, 5) is 2.64. The zero-order chi connectivity index (χ0) is 13.9. The average molecular weight is 267 g/mol. The van der Waals surface area contributed by atoms with Crippen LogP contribution in [-0.2, 0) is 0 Å². The smallest absolute Gasteiger partial charge is 0.0499 e. The van der Waals surface area contributed by atoms with Gasteiger partial charge in [0.2, 0.25) is 0 Å². The molecule has 1 aliphatic carbocycles. The highest BCUT2D eigenvalue weighted by Gasteiger charge is 2.37. The topological polar surface area (TPSA) is 23.5 Å². The Balaban J connectivity index is 1.92. The second-order valence-corrected chi connectivity index (χ2v) is 8.16. The highest BCUT2D eigenvalue weighted by atomic mass is 16.3. The molecular formula is C17H33NO. The van der Waals surface area contributed by atoms with E-state index < -0.39 is 0 Å². The normalized spacial score (nSPS) is 29.4. The van der Waals surface area contributed by atoms with Crippen molar-refractivity contribution in [3.8, 4) is 0 Å². The molecule has 1 unspecified atom stereocenters. The van der Waals surface area contributed by atoms with Crippen LogP contribution in [0.1, 0.15) is 65.7 Å². The van der Waals surface area contributed by atoms with Gasteiger partial charge in [0.1, 0.15) is 0 Å². The number of hydrogen-bond donors (Lipinski definition) is 1. The van der Waals surface area contributed by atoms with Crippen LogP contribution in [0.5, 0.6) is 0 Å². The van der Waals surface area contributed by atoms with Gasteiger partial charge in [-0.25, -0.2) is 0 Å². The molecule has 0 amide bonds. The lowest BCUT2D eigenvalue weighted by atomic mass is 9.79. The lowest BCUT2D eigenvalue weighted by molar-refractivity contribution is 0.0642. The van der Waals surface area contributed by atoms with E-state index in [1.54, 1.807) is 0 Å². The fourth-order valence-electron chi connectivity index (χ4n) is 4.00. The third-order valence-corrected chi connectivity index (χ3v) is 5.56. The molecule has 1 aliphatic heterocycles. The zero-order valence-corrected chi connectivity index (χ0v) is 13.2. The molecule has 2 fully saturated rings. The minimum atomic E-state index is 0.212. The second-order valence-electron chi connectivity index (χ2n) is 8.16. The monoisotopic (exact) mass is 267 g/mol. The average Bonchev–Trinajstić information content (AvgIpc) is 2.69. The Bertz CT molecular complexity index is 273. The Labute approximate surface area is 119 Å². The van der Waals surface area contributed by atoms with Crippen LogP contribution in [0.2, 0.25) is 0 Å². The maximum Gasteiger partial charge on any atom is 0.0499 e. The van der Waals surface area contributed by atoms with Gasteiger partial charge in [-0.1, -0.05) is 46.5 Å². The lowest BCUT2D eigenvalue weighted by Crippen LogP contribution is -2.39. The highest BCUT2D eigenvalue weighted by molar-refractivity contribution is 4.89. The molecule has 0 aromatic rings. The number of nitrogens with zero attached hydrogens (tertiary/aromatic N) is 1. The molecular weight excluding hydrogens is 234 g/mol. The summed E-state index contributed by atoms with van der Waals surface area (Å²) in [5.41, 5.74) is 0.647. The largest absolute Gasteiger partial charge is 0.396 e. The van der Waals surface area contributed by atoms with Gasteiger partial charge in [0.05, 0.1) is 0 Å². The second kappa shape index (κ2) is 6.13. The Hall–Kier alpha value is -0.0800. The summed E-state index contributed by atoms with van der Waals surface area (Å²) in [7, 11) is 0. The number of aliphatic hydroxyl groups is 1. The van der Waals surface area contributed by atoms with Crippen molar-refractivity contribution >= 4 is 0 Å². The number of rotatable bonds is 3. The van der Waals surface area contributed by atoms with E-state index in [-0.39, 0.29) is 5.41 Å². The van der Waals surface area contributed by atoms with Gasteiger partial charge < -0.3 is 10.0 Å². The van der Waals surface area contributed by atoms with Gasteiger partial charge in [-0.15, -0.1) is 0 Å². The van der Waals surface area contributed by atoms with E-state index >= 15 is 0 Å². The number of aliphatic hydroxyl groups excluding tert-OH is 1. The van der Waals surface area contributed by atoms with Gasteiger partial charge in [-0.3, -0.25) is 0 Å². The summed E-state index contributed by atoms with van der Waals surface area (Å²) in [5.74, 6) is 0.828. The molecule has 1 heterocycles. The Morgan fingerprint density at radius 1 is 1.11 bits per heavy atom. The molecule has 0 aromatic carbocycles. The van der Waals surface area contributed by atoms with Crippen molar-refractivity contribution in [3.63, 3.8) is 0 Å². The van der Waals surface area contributed by atoms with Gasteiger partial charge in [0.25, 0.3) is 0 Å². The third kappa shape index (κ3) is 3.95. The first kappa shape index (κ1) is 15.3. The summed E-state index contributed by atoms with van der Waals surface area (Å²) >= 11 is 0. The third-order valence-electron chi connectivity index (χ3n) is 5.56. The van der Waals surface area contributed by atoms with Gasteiger partial charge in [0.15, 0.2) is 0 Å². The fourth-order valence-corrected chi connectivity index (χ4v) is 4.00. The van der Waals surface area contributed by atoms with Crippen LogP contribution in [-0.4, -0.2) is 36.2 Å². The summed E-state index contributed by atoms with van der Waals surface area (Å²) in [5, 5.41) is 9.93. The van der Waals surface area contributed by atoms with Crippen LogP contribution in [0.15, 0.2) is 0 Å². The molecule has 2 heteroatoms. The number of likely N-dealkylation sites (tertiary alicyclic amines) is 1. The van der Waals surface area contributed by atoms with E-state index in [9.17, 15) is 5.11 Å². The molecule has 2 rings (SSSR count). The molecule has 0 aromatic heterocycles. The molecule has 2 nitrogen and oxygen atoms in total. The SMILES string of the molecule is CC(C)(C)C1CCN(CC2(CO)CCCCCC2)C1. The van der Waals surface area contributed by atoms with Gasteiger partial charge >= 0.3 is 0 Å². The Kier molecular flexibility index (Phi) is 4.94. The quantitative estimate of drug-likeness (QED) is 0.788. The van der Waals surface area contributed by atoms with Crippen LogP contribution < -0.4 is 0 Å². The highest BCUT2D eigenvalue weighted by Crippen LogP contribution is 2.39. The molecule has 1 atom stereocenters. The minimum absolute atomic E-state index is 0.212. The van der Waals surface area contributed by atoms with Crippen molar-refractivity contribution in [2.24, 2.45) is 16.7 Å². The first-order valence-corrected chi connectivity index (χ1v) is 8.28. The van der Waals surface area contributed by atoms with Crippen LogP contribution in [0.4, 0.5) is 0 Å². The predicted molar refractivity (Wildman–Crippen MR) is 81.2 cm³/mol. The molecule has 0 bridgehead atoms. The minimum Gasteiger partial charge on any atom is -0.396 e. The predicted octanol–water partition coefficient (Wildman–Crippen LogP) is 3.69. The molecule has 112 valence electrons. The van der Waals surface area contributed by atoms with Gasteiger partial charge in [-0.05, 0) is 37.1 Å². The van der Waals surface area contributed by atoms with Crippen LogP contribution >= 0.6 is 0 Å². The lowest BCUT2D eigenvalue weighted by Gasteiger charge is -2.35. The van der Waals surface area contributed by atoms with Crippen molar-refractivity contribution in [1.29, 1.82) is 0 Å². The molecule has 1 saturated carbocycles. The van der Waals surface area contributed by atoms with Crippen molar-refractivity contribution in [2.75, 3.05) is 26.2 Å². The first-order valence-electron chi connectivity index (χ1n) is 8.28. The molecule has 2 aliphatic rings. The molecule has 1 N–H and O–H groups in total. The summed E-state index contributed by atoms with van der Waals surface area (Å²) in [6.45, 7) is 11.1. The zero-order valence-electron chi connectivity index (χ0n) is 13.2. The molecule has 0 spiro atoms. The van der Waals surface area contributed by atoms with E-state index in [0.29, 0.717) is 12.0 Å². The first-order chi connectivity index (χ1) is 8.95. The molecule has 19 heavy (non-hydrogen) atoms. The molecule has 1 saturated heterocycles. The van der Waals surface area contributed by atoms with Crippen LogP contribution in [0, 0.1) is 16.7 Å². The van der Waals surface area contributed by atoms with E-state index in [4.69, 9.17) is 0 Å². The Morgan fingerprint density at radius 2 is 1.74 bits per heavy atom. The standard InChI is InChI=1S/C17H33NO/c1-16(2,3)15-8-11-18(12-15)13-17(14-19)9-6-4-5-7-10-17/h15,19H,4-14H2,1-3H3. The fraction of sp³-hybridized carbons (Fsp3) is 1.00. The number of hydrogen-bond acceptors (Lipinski definition) is 2. The van der Waals surface area contributed by atoms with Crippen molar-refractivity contribution in [2.45, 2.75) is 65.7 Å². The van der Waals surface area contributed by atoms with Crippen molar-refractivity contribution in [1.82, 2.24) is 4.90 Å².